The third kappa shape index (κ3) is 4.48. The molecule has 0 radical (unpaired) electrons. The van der Waals surface area contributed by atoms with Gasteiger partial charge in [0.05, 0.1) is 10.5 Å². The third-order valence-corrected chi connectivity index (χ3v) is 4.84. The number of rotatable bonds is 7. The predicted molar refractivity (Wildman–Crippen MR) is 76.3 cm³/mol. The van der Waals surface area contributed by atoms with Crippen molar-refractivity contribution in [2.45, 2.75) is 11.3 Å². The number of halogens is 1. The second-order valence-electron chi connectivity index (χ2n) is 4.93. The van der Waals surface area contributed by atoms with Crippen molar-refractivity contribution < 1.29 is 22.7 Å². The first-order valence-corrected chi connectivity index (χ1v) is 7.74. The highest BCUT2D eigenvalue weighted by molar-refractivity contribution is 7.89. The van der Waals surface area contributed by atoms with Gasteiger partial charge in [0.15, 0.2) is 0 Å². The van der Waals surface area contributed by atoms with Crippen LogP contribution in [0.4, 0.5) is 4.39 Å². The van der Waals surface area contributed by atoms with Gasteiger partial charge in [-0.25, -0.2) is 21.9 Å². The molecule has 0 fully saturated rings. The first-order valence-electron chi connectivity index (χ1n) is 6.30. The molecule has 1 N–H and O–H groups in total. The molecule has 8 heteroatoms. The molecule has 0 saturated carbocycles. The van der Waals surface area contributed by atoms with Gasteiger partial charge in [0, 0.05) is 13.6 Å². The van der Waals surface area contributed by atoms with E-state index in [1.165, 1.54) is 7.05 Å². The predicted octanol–water partition coefficient (Wildman–Crippen LogP) is 1.10. The summed E-state index contributed by atoms with van der Waals surface area (Å²) in [4.78, 5) is 12.5. The van der Waals surface area contributed by atoms with Crippen molar-refractivity contribution in [3.63, 3.8) is 0 Å². The van der Waals surface area contributed by atoms with E-state index in [2.05, 4.69) is 0 Å². The maximum Gasteiger partial charge on any atom is 0.337 e. The van der Waals surface area contributed by atoms with Gasteiger partial charge in [0.1, 0.15) is 5.82 Å². The molecule has 0 amide bonds. The van der Waals surface area contributed by atoms with Crippen LogP contribution in [0.15, 0.2) is 23.1 Å². The minimum Gasteiger partial charge on any atom is -0.478 e. The lowest BCUT2D eigenvalue weighted by Gasteiger charge is -2.19. The summed E-state index contributed by atoms with van der Waals surface area (Å²) in [6, 6.07) is 2.62. The molecule has 0 bridgehead atoms. The van der Waals surface area contributed by atoms with Crippen molar-refractivity contribution in [2.75, 3.05) is 34.2 Å². The number of carbonyl (C=O) groups is 1. The summed E-state index contributed by atoms with van der Waals surface area (Å²) in [5.74, 6) is -2.20. The normalized spacial score (nSPS) is 12.1. The Balaban J connectivity index is 3.07. The molecule has 0 aliphatic heterocycles. The smallest absolute Gasteiger partial charge is 0.337 e. The highest BCUT2D eigenvalue weighted by Gasteiger charge is 2.27. The Morgan fingerprint density at radius 1 is 1.24 bits per heavy atom. The molecule has 6 nitrogen and oxygen atoms in total. The van der Waals surface area contributed by atoms with Crippen LogP contribution in [-0.2, 0) is 10.0 Å². The van der Waals surface area contributed by atoms with E-state index < -0.39 is 32.3 Å². The van der Waals surface area contributed by atoms with Gasteiger partial charge >= 0.3 is 5.97 Å². The molecular weight excluding hydrogens is 299 g/mol. The Kier molecular flexibility index (Phi) is 5.82. The lowest BCUT2D eigenvalue weighted by atomic mass is 10.2. The summed E-state index contributed by atoms with van der Waals surface area (Å²) >= 11 is 0. The summed E-state index contributed by atoms with van der Waals surface area (Å²) in [5.41, 5.74) is -0.434. The molecule has 0 atom stereocenters. The average Bonchev–Trinajstić information content (AvgIpc) is 2.37. The minimum atomic E-state index is -4.04. The van der Waals surface area contributed by atoms with E-state index in [9.17, 15) is 17.6 Å². The van der Waals surface area contributed by atoms with Gasteiger partial charge in [-0.15, -0.1) is 0 Å². The number of sulfonamides is 1. The van der Waals surface area contributed by atoms with Gasteiger partial charge in [-0.2, -0.15) is 0 Å². The molecule has 0 aromatic heterocycles. The van der Waals surface area contributed by atoms with Crippen LogP contribution in [0, 0.1) is 5.82 Å². The number of aromatic carboxylic acids is 1. The Bertz CT molecular complexity index is 617. The number of benzene rings is 1. The van der Waals surface area contributed by atoms with Crippen LogP contribution in [0.3, 0.4) is 0 Å². The zero-order valence-electron chi connectivity index (χ0n) is 12.2. The minimum absolute atomic E-state index is 0.218. The summed E-state index contributed by atoms with van der Waals surface area (Å²) in [6.07, 6.45) is 0.584. The van der Waals surface area contributed by atoms with Gasteiger partial charge in [0.2, 0.25) is 10.0 Å². The molecule has 0 heterocycles. The van der Waals surface area contributed by atoms with Crippen molar-refractivity contribution >= 4 is 16.0 Å². The quantitative estimate of drug-likeness (QED) is 0.814. The number of carboxylic acids is 1. The number of hydrogen-bond donors (Lipinski definition) is 1. The second kappa shape index (κ2) is 6.97. The second-order valence-corrected chi connectivity index (χ2v) is 6.94. The molecule has 0 aliphatic carbocycles. The highest BCUT2D eigenvalue weighted by atomic mass is 32.2. The molecule has 118 valence electrons. The van der Waals surface area contributed by atoms with Gasteiger partial charge in [-0.3, -0.25) is 0 Å². The average molecular weight is 318 g/mol. The summed E-state index contributed by atoms with van der Waals surface area (Å²) in [5, 5.41) is 9.04. The van der Waals surface area contributed by atoms with Crippen LogP contribution in [-0.4, -0.2) is 62.9 Å². The Hall–Kier alpha value is -1.51. The van der Waals surface area contributed by atoms with E-state index in [0.29, 0.717) is 13.0 Å². The van der Waals surface area contributed by atoms with Crippen LogP contribution in [0.1, 0.15) is 16.8 Å². The Morgan fingerprint density at radius 2 is 1.86 bits per heavy atom. The number of carboxylic acid groups (broad SMARTS) is 1. The number of hydrogen-bond acceptors (Lipinski definition) is 4. The Morgan fingerprint density at radius 3 is 2.38 bits per heavy atom. The molecule has 21 heavy (non-hydrogen) atoms. The summed E-state index contributed by atoms with van der Waals surface area (Å²) in [7, 11) is 1.04. The lowest BCUT2D eigenvalue weighted by molar-refractivity contribution is 0.0692. The molecule has 1 aromatic carbocycles. The van der Waals surface area contributed by atoms with Crippen molar-refractivity contribution in [3.05, 3.63) is 29.6 Å². The SMILES string of the molecule is CN(C)CCCN(C)S(=O)(=O)c1cc(F)ccc1C(=O)O. The van der Waals surface area contributed by atoms with Crippen LogP contribution in [0.5, 0.6) is 0 Å². The van der Waals surface area contributed by atoms with E-state index in [1.54, 1.807) is 0 Å². The molecule has 0 spiro atoms. The van der Waals surface area contributed by atoms with Crippen molar-refractivity contribution in [1.29, 1.82) is 0 Å². The molecule has 0 aliphatic rings. The topological polar surface area (TPSA) is 77.9 Å². The van der Waals surface area contributed by atoms with E-state index in [1.807, 2.05) is 19.0 Å². The highest BCUT2D eigenvalue weighted by Crippen LogP contribution is 2.21. The fraction of sp³-hybridized carbons (Fsp3) is 0.462. The molecule has 1 rings (SSSR count). The van der Waals surface area contributed by atoms with Crippen LogP contribution < -0.4 is 0 Å². The zero-order valence-corrected chi connectivity index (χ0v) is 13.0. The van der Waals surface area contributed by atoms with Gasteiger partial charge < -0.3 is 10.0 Å². The van der Waals surface area contributed by atoms with E-state index >= 15 is 0 Å². The maximum absolute atomic E-state index is 13.3. The van der Waals surface area contributed by atoms with E-state index in [0.717, 1.165) is 22.5 Å². The van der Waals surface area contributed by atoms with E-state index in [-0.39, 0.29) is 6.54 Å². The standard InChI is InChI=1S/C13H19FN2O4S/c1-15(2)7-4-8-16(3)21(19,20)12-9-10(14)5-6-11(12)13(17)18/h5-6,9H,4,7-8H2,1-3H3,(H,17,18). The number of nitrogens with zero attached hydrogens (tertiary/aromatic N) is 2. The van der Waals surface area contributed by atoms with Crippen molar-refractivity contribution in [1.82, 2.24) is 9.21 Å². The largest absolute Gasteiger partial charge is 0.478 e. The molecule has 1 aromatic rings. The van der Waals surface area contributed by atoms with Gasteiger partial charge in [-0.05, 0) is 45.3 Å². The zero-order chi connectivity index (χ0) is 16.2. The van der Waals surface area contributed by atoms with E-state index in [4.69, 9.17) is 5.11 Å². The first-order chi connectivity index (χ1) is 9.66. The fourth-order valence-corrected chi connectivity index (χ4v) is 3.18. The van der Waals surface area contributed by atoms with Crippen LogP contribution in [0.25, 0.3) is 0 Å². The Labute approximate surface area is 123 Å². The van der Waals surface area contributed by atoms with Crippen molar-refractivity contribution in [3.8, 4) is 0 Å². The van der Waals surface area contributed by atoms with Gasteiger partial charge in [-0.1, -0.05) is 0 Å². The lowest BCUT2D eigenvalue weighted by Crippen LogP contribution is -2.31. The van der Waals surface area contributed by atoms with Gasteiger partial charge in [0.25, 0.3) is 0 Å². The molecule has 0 saturated heterocycles. The first kappa shape index (κ1) is 17.5. The van der Waals surface area contributed by atoms with Crippen LogP contribution in [0.2, 0.25) is 0 Å². The summed E-state index contributed by atoms with van der Waals surface area (Å²) < 4.78 is 39.1. The third-order valence-electron chi connectivity index (χ3n) is 2.94. The molecular formula is C13H19FN2O4S. The molecule has 0 unspecified atom stereocenters. The van der Waals surface area contributed by atoms with Crippen LogP contribution >= 0.6 is 0 Å². The maximum atomic E-state index is 13.3. The summed E-state index contributed by atoms with van der Waals surface area (Å²) in [6.45, 7) is 0.908. The monoisotopic (exact) mass is 318 g/mol. The fourth-order valence-electron chi connectivity index (χ4n) is 1.78. The van der Waals surface area contributed by atoms with Crippen molar-refractivity contribution in [2.24, 2.45) is 0 Å².